The number of carboxylic acid groups (broad SMARTS) is 1. The third kappa shape index (κ3) is 5.76. The van der Waals surface area contributed by atoms with Crippen LogP contribution in [0.5, 0.6) is 5.75 Å². The first-order valence-corrected chi connectivity index (χ1v) is 10.7. The molecule has 1 heterocycles. The fourth-order valence-corrected chi connectivity index (χ4v) is 4.08. The van der Waals surface area contributed by atoms with Crippen LogP contribution in [0.2, 0.25) is 5.02 Å². The van der Waals surface area contributed by atoms with Crippen LogP contribution >= 0.6 is 11.6 Å². The van der Waals surface area contributed by atoms with Crippen LogP contribution in [0.15, 0.2) is 36.4 Å². The summed E-state index contributed by atoms with van der Waals surface area (Å²) in [6.45, 7) is 6.59. The van der Waals surface area contributed by atoms with Gasteiger partial charge in [0.05, 0.1) is 11.4 Å². The minimum absolute atomic E-state index is 0.0848. The van der Waals surface area contributed by atoms with Gasteiger partial charge in [0, 0.05) is 31.5 Å². The number of benzene rings is 2. The Kier molecular flexibility index (Phi) is 6.90. The van der Waals surface area contributed by atoms with Crippen LogP contribution in [0.1, 0.15) is 48.7 Å². The molecule has 1 atom stereocenters. The van der Waals surface area contributed by atoms with Gasteiger partial charge in [-0.1, -0.05) is 31.5 Å². The Bertz CT molecular complexity index is 994. The molecule has 0 aliphatic carbocycles. The summed E-state index contributed by atoms with van der Waals surface area (Å²) >= 11 is 5.77. The van der Waals surface area contributed by atoms with Crippen LogP contribution in [-0.4, -0.2) is 40.6 Å². The highest BCUT2D eigenvalue weighted by Gasteiger charge is 2.35. The van der Waals surface area contributed by atoms with Gasteiger partial charge in [-0.2, -0.15) is 0 Å². The van der Waals surface area contributed by atoms with E-state index in [1.807, 2.05) is 26.8 Å². The third-order valence-electron chi connectivity index (χ3n) is 5.26. The summed E-state index contributed by atoms with van der Waals surface area (Å²) in [6.07, 6.45) is 0.979. The molecule has 3 rings (SSSR count). The van der Waals surface area contributed by atoms with Crippen molar-refractivity contribution in [1.29, 1.82) is 0 Å². The Morgan fingerprint density at radius 3 is 2.65 bits per heavy atom. The van der Waals surface area contributed by atoms with E-state index >= 15 is 0 Å². The first-order chi connectivity index (χ1) is 14.6. The fraction of sp³-hybridized carbons (Fsp3) is 0.417. The van der Waals surface area contributed by atoms with Gasteiger partial charge < -0.3 is 14.7 Å². The van der Waals surface area contributed by atoms with Gasteiger partial charge in [-0.05, 0) is 54.3 Å². The van der Waals surface area contributed by atoms with Crippen molar-refractivity contribution in [2.45, 2.75) is 45.6 Å². The topological polar surface area (TPSA) is 66.8 Å². The highest BCUT2D eigenvalue weighted by atomic mass is 35.5. The maximum Gasteiger partial charge on any atom is 0.305 e. The van der Waals surface area contributed by atoms with Crippen molar-refractivity contribution < 1.29 is 23.8 Å². The molecule has 0 fully saturated rings. The average molecular weight is 448 g/mol. The standard InChI is InChI=1S/C24H27ClFNO4/c1-15(2)14-27(9-8-22(28)29)23(30)17-5-7-21-18(11-17)13-24(3,31-21)12-16-4-6-19(25)20(26)10-16/h4-7,10-11,15H,8-9,12-14H2,1-3H3,(H,28,29)/t24-/m0/s1. The van der Waals surface area contributed by atoms with Crippen molar-refractivity contribution in [3.63, 3.8) is 0 Å². The van der Waals surface area contributed by atoms with Crippen LogP contribution < -0.4 is 4.74 Å². The Hall–Kier alpha value is -2.60. The predicted molar refractivity (Wildman–Crippen MR) is 117 cm³/mol. The number of carboxylic acids is 1. The zero-order valence-corrected chi connectivity index (χ0v) is 18.7. The molecule has 0 aromatic heterocycles. The minimum atomic E-state index is -0.932. The molecule has 0 saturated heterocycles. The van der Waals surface area contributed by atoms with E-state index in [1.54, 1.807) is 23.1 Å². The number of fused-ring (bicyclic) bond motifs is 1. The van der Waals surface area contributed by atoms with Crippen molar-refractivity contribution >= 4 is 23.5 Å². The van der Waals surface area contributed by atoms with Gasteiger partial charge in [0.15, 0.2) is 0 Å². The first-order valence-electron chi connectivity index (χ1n) is 10.3. The van der Waals surface area contributed by atoms with E-state index in [0.29, 0.717) is 30.7 Å². The molecule has 1 N–H and O–H groups in total. The van der Waals surface area contributed by atoms with Gasteiger partial charge in [-0.25, -0.2) is 4.39 Å². The van der Waals surface area contributed by atoms with Gasteiger partial charge in [0.25, 0.3) is 5.91 Å². The Morgan fingerprint density at radius 2 is 2.00 bits per heavy atom. The van der Waals surface area contributed by atoms with Crippen molar-refractivity contribution in [3.8, 4) is 5.75 Å². The van der Waals surface area contributed by atoms with E-state index < -0.39 is 17.4 Å². The molecule has 7 heteroatoms. The maximum absolute atomic E-state index is 13.8. The van der Waals surface area contributed by atoms with E-state index in [4.69, 9.17) is 21.4 Å². The van der Waals surface area contributed by atoms with Crippen molar-refractivity contribution in [1.82, 2.24) is 4.90 Å². The zero-order chi connectivity index (χ0) is 22.8. The lowest BCUT2D eigenvalue weighted by Crippen LogP contribution is -2.36. The number of amides is 1. The molecular weight excluding hydrogens is 421 g/mol. The second kappa shape index (κ2) is 9.27. The van der Waals surface area contributed by atoms with Crippen LogP contribution in [-0.2, 0) is 17.6 Å². The van der Waals surface area contributed by atoms with Crippen molar-refractivity contribution in [2.75, 3.05) is 13.1 Å². The normalized spacial score (nSPS) is 17.4. The third-order valence-corrected chi connectivity index (χ3v) is 5.57. The number of carbonyl (C=O) groups is 2. The van der Waals surface area contributed by atoms with Gasteiger partial charge >= 0.3 is 5.97 Å². The monoisotopic (exact) mass is 447 g/mol. The quantitative estimate of drug-likeness (QED) is 0.619. The van der Waals surface area contributed by atoms with E-state index in [-0.39, 0.29) is 29.8 Å². The number of aliphatic carboxylic acids is 1. The summed E-state index contributed by atoms with van der Waals surface area (Å²) < 4.78 is 20.0. The number of ether oxygens (including phenoxy) is 1. The molecule has 2 aromatic carbocycles. The summed E-state index contributed by atoms with van der Waals surface area (Å²) in [7, 11) is 0. The number of hydrogen-bond donors (Lipinski definition) is 1. The van der Waals surface area contributed by atoms with Gasteiger partial charge in [0.2, 0.25) is 0 Å². The summed E-state index contributed by atoms with van der Waals surface area (Å²) in [6, 6.07) is 10.0. The molecule has 1 amide bonds. The lowest BCUT2D eigenvalue weighted by atomic mass is 9.91. The number of hydrogen-bond acceptors (Lipinski definition) is 3. The molecule has 0 unspecified atom stereocenters. The molecule has 1 aliphatic heterocycles. The van der Waals surface area contributed by atoms with Gasteiger partial charge in [0.1, 0.15) is 17.2 Å². The Balaban J connectivity index is 1.76. The Labute approximate surface area is 186 Å². The minimum Gasteiger partial charge on any atom is -0.487 e. The zero-order valence-electron chi connectivity index (χ0n) is 18.0. The molecule has 5 nitrogen and oxygen atoms in total. The van der Waals surface area contributed by atoms with Crippen molar-refractivity contribution in [3.05, 3.63) is 63.9 Å². The highest BCUT2D eigenvalue weighted by molar-refractivity contribution is 6.30. The number of rotatable bonds is 8. The van der Waals surface area contributed by atoms with E-state index in [9.17, 15) is 14.0 Å². The second-order valence-corrected chi connectivity index (χ2v) is 9.17. The second-order valence-electron chi connectivity index (χ2n) is 8.77. The molecule has 2 aromatic rings. The SMILES string of the molecule is CC(C)CN(CCC(=O)O)C(=O)c1ccc2c(c1)C[C@](C)(Cc1ccc(Cl)c(F)c1)O2. The molecule has 0 saturated carbocycles. The fourth-order valence-electron chi connectivity index (χ4n) is 3.96. The summed E-state index contributed by atoms with van der Waals surface area (Å²) in [5.41, 5.74) is 1.64. The van der Waals surface area contributed by atoms with E-state index in [1.165, 1.54) is 12.1 Å². The van der Waals surface area contributed by atoms with Crippen LogP contribution in [0.3, 0.4) is 0 Å². The van der Waals surface area contributed by atoms with Gasteiger partial charge in [-0.15, -0.1) is 0 Å². The number of halogens is 2. The van der Waals surface area contributed by atoms with E-state index in [0.717, 1.165) is 11.1 Å². The summed E-state index contributed by atoms with van der Waals surface area (Å²) in [5, 5.41) is 9.09. The molecule has 0 spiro atoms. The lowest BCUT2D eigenvalue weighted by molar-refractivity contribution is -0.137. The molecule has 0 bridgehead atoms. The smallest absolute Gasteiger partial charge is 0.305 e. The number of carbonyl (C=O) groups excluding carboxylic acids is 1. The first kappa shape index (κ1) is 23.1. The maximum atomic E-state index is 13.8. The van der Waals surface area contributed by atoms with Crippen LogP contribution in [0, 0.1) is 11.7 Å². The molecule has 0 radical (unpaired) electrons. The van der Waals surface area contributed by atoms with Crippen LogP contribution in [0.25, 0.3) is 0 Å². The number of nitrogens with zero attached hydrogens (tertiary/aromatic N) is 1. The highest BCUT2D eigenvalue weighted by Crippen LogP contribution is 2.38. The molecule has 166 valence electrons. The van der Waals surface area contributed by atoms with Gasteiger partial charge in [-0.3, -0.25) is 9.59 Å². The molecule has 31 heavy (non-hydrogen) atoms. The lowest BCUT2D eigenvalue weighted by Gasteiger charge is -2.24. The molecular formula is C24H27ClFNO4. The van der Waals surface area contributed by atoms with Crippen molar-refractivity contribution in [2.24, 2.45) is 5.92 Å². The van der Waals surface area contributed by atoms with Crippen LogP contribution in [0.4, 0.5) is 4.39 Å². The summed E-state index contributed by atoms with van der Waals surface area (Å²) in [4.78, 5) is 25.6. The van der Waals surface area contributed by atoms with E-state index in [2.05, 4.69) is 0 Å². The largest absolute Gasteiger partial charge is 0.487 e. The Morgan fingerprint density at radius 1 is 1.26 bits per heavy atom. The predicted octanol–water partition coefficient (Wildman–Crippen LogP) is 4.99. The average Bonchev–Trinajstić information content (AvgIpc) is 3.01. The molecule has 1 aliphatic rings. The summed E-state index contributed by atoms with van der Waals surface area (Å²) in [5.74, 6) is -0.657.